The van der Waals surface area contributed by atoms with Crippen LogP contribution in [0.25, 0.3) is 10.2 Å². The third-order valence-electron chi connectivity index (χ3n) is 4.13. The van der Waals surface area contributed by atoms with Gasteiger partial charge in [-0.25, -0.2) is 4.98 Å². The largest absolute Gasteiger partial charge is 0.325 e. The van der Waals surface area contributed by atoms with Crippen molar-refractivity contribution in [3.8, 4) is 0 Å². The molecule has 3 aromatic rings. The zero-order valence-corrected chi connectivity index (χ0v) is 14.3. The smallest absolute Gasteiger partial charge is 0.262 e. The molecule has 0 saturated heterocycles. The molecular weight excluding hydrogens is 346 g/mol. The van der Waals surface area contributed by atoms with E-state index in [1.807, 2.05) is 0 Å². The van der Waals surface area contributed by atoms with Gasteiger partial charge in [-0.3, -0.25) is 14.2 Å². The van der Waals surface area contributed by atoms with Gasteiger partial charge in [-0.2, -0.15) is 0 Å². The van der Waals surface area contributed by atoms with Gasteiger partial charge in [0.2, 0.25) is 5.91 Å². The van der Waals surface area contributed by atoms with Crippen molar-refractivity contribution in [1.29, 1.82) is 0 Å². The van der Waals surface area contributed by atoms with Crippen LogP contribution in [0, 0.1) is 0 Å². The van der Waals surface area contributed by atoms with Crippen LogP contribution in [-0.4, -0.2) is 15.5 Å². The number of halogens is 1. The van der Waals surface area contributed by atoms with Crippen LogP contribution in [0.1, 0.15) is 16.9 Å². The molecule has 4 rings (SSSR count). The van der Waals surface area contributed by atoms with Crippen LogP contribution in [0.2, 0.25) is 5.02 Å². The standard InChI is InChI=1S/C17H14ClN3O2S/c18-10-4-6-11(7-5-10)20-14(22)8-21-9-19-16-15(17(21)23)12-2-1-3-13(12)24-16/h4-7,9H,1-3,8H2,(H,20,22). The van der Waals surface area contributed by atoms with Crippen LogP contribution in [0.3, 0.4) is 0 Å². The molecule has 2 heterocycles. The minimum Gasteiger partial charge on any atom is -0.325 e. The normalized spacial score (nSPS) is 13.2. The number of nitrogens with one attached hydrogen (secondary N) is 1. The first-order valence-electron chi connectivity index (χ1n) is 7.67. The van der Waals surface area contributed by atoms with Gasteiger partial charge in [0.1, 0.15) is 11.4 Å². The molecule has 5 nitrogen and oxygen atoms in total. The van der Waals surface area contributed by atoms with Gasteiger partial charge in [0, 0.05) is 15.6 Å². The molecule has 1 aliphatic rings. The molecule has 0 fully saturated rings. The van der Waals surface area contributed by atoms with Crippen LogP contribution in [0.5, 0.6) is 0 Å². The Hall–Kier alpha value is -2.18. The first-order valence-corrected chi connectivity index (χ1v) is 8.86. The third kappa shape index (κ3) is 2.72. The first-order chi connectivity index (χ1) is 11.6. The molecular formula is C17H14ClN3O2S. The Bertz CT molecular complexity index is 991. The second kappa shape index (κ2) is 6.03. The molecule has 1 N–H and O–H groups in total. The number of thiophene rings is 1. The van der Waals surface area contributed by atoms with Gasteiger partial charge in [0.25, 0.3) is 5.56 Å². The van der Waals surface area contributed by atoms with Crippen molar-refractivity contribution < 1.29 is 4.79 Å². The van der Waals surface area contributed by atoms with Crippen molar-refractivity contribution in [2.75, 3.05) is 5.32 Å². The van der Waals surface area contributed by atoms with E-state index in [0.717, 1.165) is 29.7 Å². The highest BCUT2D eigenvalue weighted by molar-refractivity contribution is 7.18. The summed E-state index contributed by atoms with van der Waals surface area (Å²) in [6, 6.07) is 6.84. The van der Waals surface area contributed by atoms with Crippen LogP contribution >= 0.6 is 22.9 Å². The number of fused-ring (bicyclic) bond motifs is 3. The number of anilines is 1. The van der Waals surface area contributed by atoms with Crippen LogP contribution < -0.4 is 10.9 Å². The Balaban J connectivity index is 1.60. The lowest BCUT2D eigenvalue weighted by atomic mass is 10.2. The molecule has 2 aromatic heterocycles. The van der Waals surface area contributed by atoms with Crippen LogP contribution in [0.4, 0.5) is 5.69 Å². The number of amides is 1. The van der Waals surface area contributed by atoms with Crippen LogP contribution in [0.15, 0.2) is 35.4 Å². The summed E-state index contributed by atoms with van der Waals surface area (Å²) in [5.74, 6) is -0.271. The Morgan fingerprint density at radius 2 is 2.08 bits per heavy atom. The van der Waals surface area contributed by atoms with Gasteiger partial charge in [-0.15, -0.1) is 11.3 Å². The molecule has 0 saturated carbocycles. The molecule has 0 spiro atoms. The molecule has 0 unspecified atom stereocenters. The summed E-state index contributed by atoms with van der Waals surface area (Å²) in [5, 5.41) is 4.05. The Morgan fingerprint density at radius 1 is 1.29 bits per heavy atom. The Morgan fingerprint density at radius 3 is 2.88 bits per heavy atom. The van der Waals surface area contributed by atoms with Gasteiger partial charge >= 0.3 is 0 Å². The van der Waals surface area contributed by atoms with E-state index in [2.05, 4.69) is 10.3 Å². The lowest BCUT2D eigenvalue weighted by Crippen LogP contribution is -2.27. The average Bonchev–Trinajstić information content (AvgIpc) is 3.13. The quantitative estimate of drug-likeness (QED) is 0.780. The number of rotatable bonds is 3. The predicted octanol–water partition coefficient (Wildman–Crippen LogP) is 3.24. The SMILES string of the molecule is O=C(Cn1cnc2sc3c(c2c1=O)CCC3)Nc1ccc(Cl)cc1. The highest BCUT2D eigenvalue weighted by atomic mass is 35.5. The van der Waals surface area contributed by atoms with Gasteiger partial charge < -0.3 is 5.32 Å². The fourth-order valence-electron chi connectivity index (χ4n) is 3.02. The molecule has 1 aliphatic carbocycles. The zero-order valence-electron chi connectivity index (χ0n) is 12.7. The number of nitrogens with zero attached hydrogens (tertiary/aromatic N) is 2. The van der Waals surface area contributed by atoms with Crippen molar-refractivity contribution in [1.82, 2.24) is 9.55 Å². The second-order valence-electron chi connectivity index (χ2n) is 5.77. The molecule has 0 aliphatic heterocycles. The van der Waals surface area contributed by atoms with E-state index in [9.17, 15) is 9.59 Å². The number of benzene rings is 1. The van der Waals surface area contributed by atoms with Crippen molar-refractivity contribution in [3.05, 3.63) is 56.4 Å². The topological polar surface area (TPSA) is 64.0 Å². The second-order valence-corrected chi connectivity index (χ2v) is 7.29. The lowest BCUT2D eigenvalue weighted by Gasteiger charge is -2.07. The van der Waals surface area contributed by atoms with E-state index in [1.165, 1.54) is 15.8 Å². The maximum Gasteiger partial charge on any atom is 0.262 e. The Labute approximate surface area is 146 Å². The summed E-state index contributed by atoms with van der Waals surface area (Å²) in [4.78, 5) is 31.3. The number of hydrogen-bond donors (Lipinski definition) is 1. The average molecular weight is 360 g/mol. The highest BCUT2D eigenvalue weighted by Gasteiger charge is 2.21. The minimum absolute atomic E-state index is 0.0605. The van der Waals surface area contributed by atoms with E-state index in [0.29, 0.717) is 16.1 Å². The number of aryl methyl sites for hydroxylation is 2. The lowest BCUT2D eigenvalue weighted by molar-refractivity contribution is -0.116. The Kier molecular flexibility index (Phi) is 3.86. The summed E-state index contributed by atoms with van der Waals surface area (Å²) in [7, 11) is 0. The van der Waals surface area contributed by atoms with Gasteiger partial charge in [-0.1, -0.05) is 11.6 Å². The zero-order chi connectivity index (χ0) is 16.7. The summed E-state index contributed by atoms with van der Waals surface area (Å²) in [6.07, 6.45) is 4.49. The number of carbonyl (C=O) groups is 1. The summed E-state index contributed by atoms with van der Waals surface area (Å²) in [6.45, 7) is -0.0605. The molecule has 122 valence electrons. The molecule has 7 heteroatoms. The highest BCUT2D eigenvalue weighted by Crippen LogP contribution is 2.34. The van der Waals surface area contributed by atoms with Crippen molar-refractivity contribution >= 4 is 44.7 Å². The van der Waals surface area contributed by atoms with Gasteiger partial charge in [0.15, 0.2) is 0 Å². The molecule has 1 aromatic carbocycles. The molecule has 0 bridgehead atoms. The monoisotopic (exact) mass is 359 g/mol. The maximum absolute atomic E-state index is 12.7. The van der Waals surface area contributed by atoms with Gasteiger partial charge in [-0.05, 0) is 49.1 Å². The fourth-order valence-corrected chi connectivity index (χ4v) is 4.37. The van der Waals surface area contributed by atoms with Crippen molar-refractivity contribution in [2.24, 2.45) is 0 Å². The molecule has 1 amide bonds. The van der Waals surface area contributed by atoms with E-state index in [4.69, 9.17) is 11.6 Å². The molecule has 24 heavy (non-hydrogen) atoms. The summed E-state index contributed by atoms with van der Waals surface area (Å²) in [5.41, 5.74) is 1.63. The van der Waals surface area contributed by atoms with E-state index < -0.39 is 0 Å². The van der Waals surface area contributed by atoms with E-state index in [1.54, 1.807) is 35.6 Å². The summed E-state index contributed by atoms with van der Waals surface area (Å²) < 4.78 is 1.37. The minimum atomic E-state index is -0.271. The predicted molar refractivity (Wildman–Crippen MR) is 96.0 cm³/mol. The summed E-state index contributed by atoms with van der Waals surface area (Å²) >= 11 is 7.42. The van der Waals surface area contributed by atoms with Crippen molar-refractivity contribution in [3.63, 3.8) is 0 Å². The van der Waals surface area contributed by atoms with Crippen molar-refractivity contribution in [2.45, 2.75) is 25.8 Å². The maximum atomic E-state index is 12.7. The number of aromatic nitrogens is 2. The number of carbonyl (C=O) groups excluding carboxylic acids is 1. The van der Waals surface area contributed by atoms with Gasteiger partial charge in [0.05, 0.1) is 11.7 Å². The first kappa shape index (κ1) is 15.4. The van der Waals surface area contributed by atoms with Crippen LogP contribution in [-0.2, 0) is 24.2 Å². The van der Waals surface area contributed by atoms with E-state index >= 15 is 0 Å². The number of hydrogen-bond acceptors (Lipinski definition) is 4. The molecule has 0 radical (unpaired) electrons. The molecule has 0 atom stereocenters. The third-order valence-corrected chi connectivity index (χ3v) is 5.59. The fraction of sp³-hybridized carbons (Fsp3) is 0.235. The van der Waals surface area contributed by atoms with E-state index in [-0.39, 0.29) is 18.0 Å².